The first-order valence-electron chi connectivity index (χ1n) is 9.37. The molecule has 0 radical (unpaired) electrons. The lowest BCUT2D eigenvalue weighted by Gasteiger charge is -2.34. The van der Waals surface area contributed by atoms with Gasteiger partial charge < -0.3 is 14.9 Å². The Labute approximate surface area is 168 Å². The molecule has 0 saturated carbocycles. The summed E-state index contributed by atoms with van der Waals surface area (Å²) in [5.74, 6) is -0.971. The van der Waals surface area contributed by atoms with Crippen LogP contribution in [0.25, 0.3) is 0 Å². The third kappa shape index (κ3) is 5.08. The van der Waals surface area contributed by atoms with E-state index >= 15 is 0 Å². The topological polar surface area (TPSA) is 107 Å². The second-order valence-corrected chi connectivity index (χ2v) is 6.95. The Morgan fingerprint density at radius 3 is 2.72 bits per heavy atom. The molecule has 1 aliphatic heterocycles. The van der Waals surface area contributed by atoms with E-state index in [1.807, 2.05) is 18.2 Å². The molecule has 1 aromatic carbocycles. The van der Waals surface area contributed by atoms with E-state index < -0.39 is 24.4 Å². The molecule has 7 nitrogen and oxygen atoms in total. The minimum absolute atomic E-state index is 0.00321. The van der Waals surface area contributed by atoms with Gasteiger partial charge >= 0.3 is 5.97 Å². The van der Waals surface area contributed by atoms with Crippen LogP contribution < -0.4 is 4.74 Å². The van der Waals surface area contributed by atoms with Crippen molar-refractivity contribution >= 4 is 5.97 Å². The predicted octanol–water partition coefficient (Wildman–Crippen LogP) is 2.30. The molecule has 0 bridgehead atoms. The van der Waals surface area contributed by atoms with Crippen molar-refractivity contribution in [3.05, 3.63) is 59.0 Å². The monoisotopic (exact) mass is 399 g/mol. The van der Waals surface area contributed by atoms with Crippen LogP contribution in [0.5, 0.6) is 5.88 Å². The number of aliphatic carboxylic acids is 1. The fraction of sp³-hybridized carbons (Fsp3) is 0.381. The smallest absolute Gasteiger partial charge is 0.323 e. The van der Waals surface area contributed by atoms with Crippen LogP contribution in [-0.4, -0.2) is 51.8 Å². The van der Waals surface area contributed by atoms with Gasteiger partial charge in [-0.15, -0.1) is 0 Å². The number of pyridine rings is 1. The van der Waals surface area contributed by atoms with Gasteiger partial charge in [0, 0.05) is 23.2 Å². The number of aliphatic hydroxyl groups excluding tert-OH is 1. The van der Waals surface area contributed by atoms with Gasteiger partial charge in [0.1, 0.15) is 18.5 Å². The number of aliphatic hydroxyl groups is 1. The minimum atomic E-state index is -1.02. The molecule has 1 aliphatic rings. The summed E-state index contributed by atoms with van der Waals surface area (Å²) in [6.07, 6.45) is 1.45. The molecule has 2 heterocycles. The average Bonchev–Trinajstić information content (AvgIpc) is 2.74. The standard InChI is InChI=1S/C21H22FN3O4/c22-17-10-14(11-23)4-5-16(17)13-29-20-3-1-2-18(24-20)15-6-8-25(9-7-15)19(12-26)21(27)28/h1-5,10,15,19,26H,6-9,12-13H2,(H,27,28). The van der Waals surface area contributed by atoms with Gasteiger partial charge in [0.2, 0.25) is 5.88 Å². The number of likely N-dealkylation sites (tertiary alicyclic amines) is 1. The molecule has 1 fully saturated rings. The second-order valence-electron chi connectivity index (χ2n) is 6.95. The van der Waals surface area contributed by atoms with Gasteiger partial charge in [-0.2, -0.15) is 5.26 Å². The van der Waals surface area contributed by atoms with Crippen LogP contribution in [0.4, 0.5) is 4.39 Å². The SMILES string of the molecule is N#Cc1ccc(COc2cccc(C3CCN(C(CO)C(=O)O)CC3)n2)c(F)c1. The van der Waals surface area contributed by atoms with Gasteiger partial charge in [-0.3, -0.25) is 9.69 Å². The van der Waals surface area contributed by atoms with E-state index in [0.717, 1.165) is 18.5 Å². The van der Waals surface area contributed by atoms with Crippen molar-refractivity contribution < 1.29 is 24.1 Å². The van der Waals surface area contributed by atoms with Crippen molar-refractivity contribution in [3.63, 3.8) is 0 Å². The van der Waals surface area contributed by atoms with Crippen LogP contribution in [-0.2, 0) is 11.4 Å². The molecule has 2 N–H and O–H groups in total. The second kappa shape index (κ2) is 9.45. The van der Waals surface area contributed by atoms with Crippen LogP contribution >= 0.6 is 0 Å². The Morgan fingerprint density at radius 2 is 2.10 bits per heavy atom. The fourth-order valence-corrected chi connectivity index (χ4v) is 3.48. The van der Waals surface area contributed by atoms with Crippen LogP contribution in [0, 0.1) is 17.1 Å². The minimum Gasteiger partial charge on any atom is -0.480 e. The van der Waals surface area contributed by atoms with E-state index in [1.54, 1.807) is 11.0 Å². The van der Waals surface area contributed by atoms with E-state index in [0.29, 0.717) is 24.5 Å². The summed E-state index contributed by atoms with van der Waals surface area (Å²) in [5, 5.41) is 27.3. The molecule has 0 aliphatic carbocycles. The number of rotatable bonds is 7. The first-order valence-corrected chi connectivity index (χ1v) is 9.37. The molecular weight excluding hydrogens is 377 g/mol. The van der Waals surface area contributed by atoms with Crippen molar-refractivity contribution in [1.29, 1.82) is 5.26 Å². The normalized spacial score (nSPS) is 16.2. The van der Waals surface area contributed by atoms with Gasteiger partial charge in [0.05, 0.1) is 18.2 Å². The molecule has 152 valence electrons. The maximum absolute atomic E-state index is 14.0. The summed E-state index contributed by atoms with van der Waals surface area (Å²) < 4.78 is 19.6. The Bertz CT molecular complexity index is 907. The molecule has 0 amide bonds. The molecule has 1 unspecified atom stereocenters. The number of piperidine rings is 1. The molecular formula is C21H22FN3O4. The first-order chi connectivity index (χ1) is 14.0. The summed E-state index contributed by atoms with van der Waals surface area (Å²) in [6, 6.07) is 10.7. The number of benzene rings is 1. The van der Waals surface area contributed by atoms with E-state index in [9.17, 15) is 19.4 Å². The lowest BCUT2D eigenvalue weighted by molar-refractivity contribution is -0.145. The number of aromatic nitrogens is 1. The zero-order valence-corrected chi connectivity index (χ0v) is 15.8. The maximum Gasteiger partial charge on any atom is 0.323 e. The third-order valence-corrected chi connectivity index (χ3v) is 5.15. The van der Waals surface area contributed by atoms with Crippen LogP contribution in [0.1, 0.15) is 35.6 Å². The molecule has 1 atom stereocenters. The van der Waals surface area contributed by atoms with Crippen molar-refractivity contribution in [2.75, 3.05) is 19.7 Å². The largest absolute Gasteiger partial charge is 0.480 e. The molecule has 1 aromatic heterocycles. The van der Waals surface area contributed by atoms with Gasteiger partial charge in [-0.1, -0.05) is 12.1 Å². The number of carboxylic acids is 1. The number of carbonyl (C=O) groups is 1. The van der Waals surface area contributed by atoms with Gasteiger partial charge in [0.15, 0.2) is 0 Å². The van der Waals surface area contributed by atoms with E-state index in [-0.39, 0.29) is 18.1 Å². The van der Waals surface area contributed by atoms with Crippen LogP contribution in [0.2, 0.25) is 0 Å². The maximum atomic E-state index is 14.0. The lowest BCUT2D eigenvalue weighted by atomic mass is 9.92. The molecule has 8 heteroatoms. The van der Waals surface area contributed by atoms with Gasteiger partial charge in [0.25, 0.3) is 0 Å². The molecule has 2 aromatic rings. The van der Waals surface area contributed by atoms with Crippen LogP contribution in [0.15, 0.2) is 36.4 Å². The molecule has 0 spiro atoms. The Kier molecular flexibility index (Phi) is 6.75. The Balaban J connectivity index is 1.60. The quantitative estimate of drug-likeness (QED) is 0.736. The number of halogens is 1. The number of carboxylic acid groups (broad SMARTS) is 1. The van der Waals surface area contributed by atoms with Crippen molar-refractivity contribution in [1.82, 2.24) is 9.88 Å². The zero-order valence-electron chi connectivity index (χ0n) is 15.8. The molecule has 1 saturated heterocycles. The Hall–Kier alpha value is -3.02. The number of nitriles is 1. The highest BCUT2D eigenvalue weighted by molar-refractivity contribution is 5.73. The van der Waals surface area contributed by atoms with E-state index in [1.165, 1.54) is 18.2 Å². The highest BCUT2D eigenvalue weighted by atomic mass is 19.1. The van der Waals surface area contributed by atoms with Crippen molar-refractivity contribution in [2.24, 2.45) is 0 Å². The summed E-state index contributed by atoms with van der Waals surface area (Å²) in [6.45, 7) is 0.716. The molecule has 3 rings (SSSR count). The van der Waals surface area contributed by atoms with E-state index in [4.69, 9.17) is 10.00 Å². The number of ether oxygens (including phenoxy) is 1. The number of nitrogens with zero attached hydrogens (tertiary/aromatic N) is 3. The van der Waals surface area contributed by atoms with Crippen molar-refractivity contribution in [3.8, 4) is 11.9 Å². The highest BCUT2D eigenvalue weighted by Gasteiger charge is 2.30. The zero-order chi connectivity index (χ0) is 20.8. The summed E-state index contributed by atoms with van der Waals surface area (Å²) >= 11 is 0. The molecule has 29 heavy (non-hydrogen) atoms. The fourth-order valence-electron chi connectivity index (χ4n) is 3.48. The first kappa shape index (κ1) is 20.7. The van der Waals surface area contributed by atoms with Crippen molar-refractivity contribution in [2.45, 2.75) is 31.4 Å². The third-order valence-electron chi connectivity index (χ3n) is 5.15. The van der Waals surface area contributed by atoms with E-state index in [2.05, 4.69) is 4.98 Å². The number of hydrogen-bond donors (Lipinski definition) is 2. The summed E-state index contributed by atoms with van der Waals surface area (Å²) in [4.78, 5) is 17.5. The van der Waals surface area contributed by atoms with Crippen LogP contribution in [0.3, 0.4) is 0 Å². The summed E-state index contributed by atoms with van der Waals surface area (Å²) in [7, 11) is 0. The summed E-state index contributed by atoms with van der Waals surface area (Å²) in [5.41, 5.74) is 1.44. The predicted molar refractivity (Wildman–Crippen MR) is 102 cm³/mol. The average molecular weight is 399 g/mol. The van der Waals surface area contributed by atoms with Gasteiger partial charge in [-0.25, -0.2) is 9.37 Å². The lowest BCUT2D eigenvalue weighted by Crippen LogP contribution is -2.47. The Morgan fingerprint density at radius 1 is 1.34 bits per heavy atom. The highest BCUT2D eigenvalue weighted by Crippen LogP contribution is 2.29. The number of hydrogen-bond acceptors (Lipinski definition) is 6. The van der Waals surface area contributed by atoms with Gasteiger partial charge in [-0.05, 0) is 44.1 Å².